The van der Waals surface area contributed by atoms with Crippen molar-refractivity contribution in [1.82, 2.24) is 10.2 Å². The van der Waals surface area contributed by atoms with Crippen LogP contribution in [0.1, 0.15) is 61.6 Å². The summed E-state index contributed by atoms with van der Waals surface area (Å²) in [6, 6.07) is 3.61. The average molecular weight is 420 g/mol. The summed E-state index contributed by atoms with van der Waals surface area (Å²) in [5, 5.41) is 2.36. The van der Waals surface area contributed by atoms with Crippen molar-refractivity contribution in [3.8, 4) is 0 Å². The molecule has 6 nitrogen and oxygen atoms in total. The average Bonchev–Trinajstić information content (AvgIpc) is 2.77. The van der Waals surface area contributed by atoms with Crippen molar-refractivity contribution in [3.05, 3.63) is 46.0 Å². The van der Waals surface area contributed by atoms with Gasteiger partial charge < -0.3 is 4.90 Å². The number of amides is 4. The van der Waals surface area contributed by atoms with Crippen LogP contribution in [0.4, 0.5) is 10.5 Å². The molecule has 1 aromatic carbocycles. The molecule has 3 aliphatic heterocycles. The second-order valence-corrected chi connectivity index (χ2v) is 9.01. The molecule has 4 amide bonds. The summed E-state index contributed by atoms with van der Waals surface area (Å²) in [6.07, 6.45) is 13.3. The number of nitrogens with one attached hydrogen (secondary N) is 1. The number of urea groups is 1. The predicted octanol–water partition coefficient (Wildman–Crippen LogP) is 3.74. The Kier molecular flexibility index (Phi) is 5.38. The van der Waals surface area contributed by atoms with Gasteiger partial charge in [0.1, 0.15) is 5.57 Å². The first-order valence-corrected chi connectivity index (χ1v) is 11.6. The molecule has 6 heteroatoms. The van der Waals surface area contributed by atoms with Crippen LogP contribution in [-0.4, -0.2) is 42.4 Å². The molecular weight excluding hydrogens is 390 g/mol. The van der Waals surface area contributed by atoms with E-state index in [-0.39, 0.29) is 5.57 Å². The van der Waals surface area contributed by atoms with Gasteiger partial charge in [0.25, 0.3) is 11.8 Å². The number of aryl methyl sites for hydroxylation is 2. The lowest BCUT2D eigenvalue weighted by Crippen LogP contribution is -2.54. The second-order valence-electron chi connectivity index (χ2n) is 9.01. The molecule has 31 heavy (non-hydrogen) atoms. The molecule has 1 saturated heterocycles. The van der Waals surface area contributed by atoms with E-state index >= 15 is 0 Å². The third-order valence-corrected chi connectivity index (χ3v) is 6.89. The lowest BCUT2D eigenvalue weighted by molar-refractivity contribution is -0.130. The summed E-state index contributed by atoms with van der Waals surface area (Å²) in [5.41, 5.74) is 6.18. The molecule has 0 radical (unpaired) electrons. The van der Waals surface area contributed by atoms with Gasteiger partial charge in [-0.05, 0) is 92.7 Å². The standard InChI is InChI=1S/C25H29N3O3/c29-23-21(24(30)28(25(31)26-23)13-10-17-6-2-1-3-7-17)16-18-14-19-8-4-11-27-12-5-9-20(15-18)22(19)27/h6,14-16H,1-5,7-13H2,(H,26,29,31). The highest BCUT2D eigenvalue weighted by atomic mass is 16.2. The summed E-state index contributed by atoms with van der Waals surface area (Å²) >= 11 is 0. The number of carbonyl (C=O) groups is 3. The Labute approximate surface area is 183 Å². The number of allylic oxidation sites excluding steroid dienone is 1. The second kappa shape index (κ2) is 8.33. The number of nitrogens with zero attached hydrogens (tertiary/aromatic N) is 2. The van der Waals surface area contributed by atoms with Gasteiger partial charge >= 0.3 is 6.03 Å². The van der Waals surface area contributed by atoms with Gasteiger partial charge in [-0.2, -0.15) is 0 Å². The van der Waals surface area contributed by atoms with E-state index in [2.05, 4.69) is 28.4 Å². The van der Waals surface area contributed by atoms with E-state index in [4.69, 9.17) is 0 Å². The molecule has 162 valence electrons. The highest BCUT2D eigenvalue weighted by Crippen LogP contribution is 2.36. The Morgan fingerprint density at radius 3 is 2.35 bits per heavy atom. The van der Waals surface area contributed by atoms with Gasteiger partial charge in [-0.1, -0.05) is 11.6 Å². The van der Waals surface area contributed by atoms with Crippen LogP contribution in [0.3, 0.4) is 0 Å². The topological polar surface area (TPSA) is 69.7 Å². The monoisotopic (exact) mass is 419 g/mol. The zero-order valence-electron chi connectivity index (χ0n) is 17.9. The molecule has 3 heterocycles. The fraction of sp³-hybridized carbons (Fsp3) is 0.480. The van der Waals surface area contributed by atoms with Crippen molar-refractivity contribution in [2.45, 2.75) is 57.8 Å². The van der Waals surface area contributed by atoms with Crippen LogP contribution in [0.2, 0.25) is 0 Å². The molecule has 1 aromatic rings. The van der Waals surface area contributed by atoms with Gasteiger partial charge in [-0.15, -0.1) is 0 Å². The Morgan fingerprint density at radius 2 is 1.68 bits per heavy atom. The van der Waals surface area contributed by atoms with E-state index in [0.29, 0.717) is 13.0 Å². The Morgan fingerprint density at radius 1 is 0.935 bits per heavy atom. The largest absolute Gasteiger partial charge is 0.371 e. The van der Waals surface area contributed by atoms with Crippen molar-refractivity contribution in [1.29, 1.82) is 0 Å². The minimum atomic E-state index is -0.611. The van der Waals surface area contributed by atoms with Crippen LogP contribution >= 0.6 is 0 Å². The summed E-state index contributed by atoms with van der Waals surface area (Å²) in [5.74, 6) is -1.09. The summed E-state index contributed by atoms with van der Waals surface area (Å²) in [6.45, 7) is 2.52. The molecule has 0 aromatic heterocycles. The van der Waals surface area contributed by atoms with Crippen LogP contribution in [0, 0.1) is 0 Å². The Balaban J connectivity index is 1.41. The van der Waals surface area contributed by atoms with Crippen molar-refractivity contribution < 1.29 is 14.4 Å². The number of hydrogen-bond acceptors (Lipinski definition) is 4. The normalized spacial score (nSPS) is 22.4. The third-order valence-electron chi connectivity index (χ3n) is 6.89. The van der Waals surface area contributed by atoms with Gasteiger partial charge in [0.15, 0.2) is 0 Å². The number of barbiturate groups is 1. The van der Waals surface area contributed by atoms with Crippen LogP contribution in [0.25, 0.3) is 6.08 Å². The van der Waals surface area contributed by atoms with E-state index in [1.54, 1.807) is 6.08 Å². The van der Waals surface area contributed by atoms with E-state index in [1.807, 2.05) is 0 Å². The smallest absolute Gasteiger partial charge is 0.331 e. The van der Waals surface area contributed by atoms with E-state index in [1.165, 1.54) is 33.7 Å². The molecule has 0 saturated carbocycles. The number of hydrogen-bond donors (Lipinski definition) is 1. The van der Waals surface area contributed by atoms with Gasteiger partial charge in [-0.3, -0.25) is 19.8 Å². The first kappa shape index (κ1) is 20.0. The van der Waals surface area contributed by atoms with E-state index in [0.717, 1.165) is 63.6 Å². The molecule has 1 N–H and O–H groups in total. The van der Waals surface area contributed by atoms with Gasteiger partial charge in [0.2, 0.25) is 0 Å². The van der Waals surface area contributed by atoms with Crippen LogP contribution in [0.5, 0.6) is 0 Å². The van der Waals surface area contributed by atoms with Crippen LogP contribution in [-0.2, 0) is 22.4 Å². The lowest BCUT2D eigenvalue weighted by atomic mass is 9.89. The van der Waals surface area contributed by atoms with E-state index < -0.39 is 17.8 Å². The number of carbonyl (C=O) groups excluding carboxylic acids is 3. The fourth-order valence-corrected chi connectivity index (χ4v) is 5.36. The molecule has 0 atom stereocenters. The number of rotatable bonds is 4. The van der Waals surface area contributed by atoms with Gasteiger partial charge in [-0.25, -0.2) is 4.79 Å². The number of anilines is 1. The zero-order valence-corrected chi connectivity index (χ0v) is 17.9. The maximum Gasteiger partial charge on any atom is 0.331 e. The molecular formula is C25H29N3O3. The fourth-order valence-electron chi connectivity index (χ4n) is 5.36. The number of imide groups is 2. The zero-order chi connectivity index (χ0) is 21.4. The predicted molar refractivity (Wildman–Crippen MR) is 120 cm³/mol. The highest BCUT2D eigenvalue weighted by Gasteiger charge is 2.35. The minimum absolute atomic E-state index is 0.0489. The van der Waals surface area contributed by atoms with E-state index in [9.17, 15) is 14.4 Å². The lowest BCUT2D eigenvalue weighted by Gasteiger charge is -2.37. The highest BCUT2D eigenvalue weighted by molar-refractivity contribution is 6.31. The SMILES string of the molecule is O=C1NC(=O)N(CCC2=CCCCC2)C(=O)C1=Cc1cc2c3c(c1)CCCN3CCC2. The molecule has 1 aliphatic carbocycles. The van der Waals surface area contributed by atoms with Crippen LogP contribution in [0.15, 0.2) is 29.4 Å². The molecule has 0 bridgehead atoms. The molecule has 0 unspecified atom stereocenters. The minimum Gasteiger partial charge on any atom is -0.371 e. The van der Waals surface area contributed by atoms with Crippen molar-refractivity contribution in [2.75, 3.05) is 24.5 Å². The molecule has 1 fully saturated rings. The molecule has 4 aliphatic rings. The summed E-state index contributed by atoms with van der Waals surface area (Å²) in [7, 11) is 0. The first-order valence-electron chi connectivity index (χ1n) is 11.6. The Bertz CT molecular complexity index is 976. The van der Waals surface area contributed by atoms with Crippen molar-refractivity contribution in [2.24, 2.45) is 0 Å². The van der Waals surface area contributed by atoms with Crippen LogP contribution < -0.4 is 10.2 Å². The third kappa shape index (κ3) is 3.91. The Hall–Kier alpha value is -2.89. The molecule has 5 rings (SSSR count). The van der Waals surface area contributed by atoms with Crippen molar-refractivity contribution >= 4 is 29.6 Å². The maximum atomic E-state index is 13.1. The first-order chi connectivity index (χ1) is 15.1. The number of benzene rings is 1. The summed E-state index contributed by atoms with van der Waals surface area (Å²) < 4.78 is 0. The van der Waals surface area contributed by atoms with Crippen molar-refractivity contribution in [3.63, 3.8) is 0 Å². The van der Waals surface area contributed by atoms with Gasteiger partial charge in [0.05, 0.1) is 0 Å². The quantitative estimate of drug-likeness (QED) is 0.459. The molecule has 0 spiro atoms. The van der Waals surface area contributed by atoms with Gasteiger partial charge in [0, 0.05) is 25.3 Å². The maximum absolute atomic E-state index is 13.1. The summed E-state index contributed by atoms with van der Waals surface area (Å²) in [4.78, 5) is 41.6.